The third-order valence-corrected chi connectivity index (χ3v) is 2.16. The summed E-state index contributed by atoms with van der Waals surface area (Å²) in [5, 5.41) is 0. The van der Waals surface area contributed by atoms with Gasteiger partial charge >= 0.3 is 0 Å². The zero-order valence-corrected chi connectivity index (χ0v) is 9.20. The molecule has 0 nitrogen and oxygen atoms in total. The smallest absolute Gasteiger partial charge is 0.0207 e. The quantitative estimate of drug-likeness (QED) is 0.532. The molecule has 2 aliphatic carbocycles. The SMILES string of the molecule is CC.CC1=CC2C=C/C=C\C=C/C2=C1. The summed E-state index contributed by atoms with van der Waals surface area (Å²) < 4.78 is 0. The Kier molecular flexibility index (Phi) is 4.18. The van der Waals surface area contributed by atoms with E-state index in [1.165, 1.54) is 11.1 Å². The summed E-state index contributed by atoms with van der Waals surface area (Å²) in [5.41, 5.74) is 2.76. The van der Waals surface area contributed by atoms with Crippen LogP contribution >= 0.6 is 0 Å². The van der Waals surface area contributed by atoms with E-state index >= 15 is 0 Å². The molecule has 0 aromatic rings. The van der Waals surface area contributed by atoms with Crippen LogP contribution in [-0.4, -0.2) is 0 Å². The molecule has 2 rings (SSSR count). The van der Waals surface area contributed by atoms with Gasteiger partial charge in [-0.25, -0.2) is 0 Å². The lowest BCUT2D eigenvalue weighted by molar-refractivity contribution is 1.03. The molecule has 0 bridgehead atoms. The zero-order chi connectivity index (χ0) is 10.4. The summed E-state index contributed by atoms with van der Waals surface area (Å²) >= 11 is 0. The fourth-order valence-corrected chi connectivity index (χ4v) is 1.59. The summed E-state index contributed by atoms with van der Waals surface area (Å²) in [6.45, 7) is 6.15. The molecular weight excluding hydrogens is 168 g/mol. The lowest BCUT2D eigenvalue weighted by Gasteiger charge is -2.04. The Morgan fingerprint density at radius 3 is 2.50 bits per heavy atom. The van der Waals surface area contributed by atoms with Gasteiger partial charge in [0.25, 0.3) is 0 Å². The summed E-state index contributed by atoms with van der Waals surface area (Å²) in [5.74, 6) is 0.506. The third-order valence-electron chi connectivity index (χ3n) is 2.16. The van der Waals surface area contributed by atoms with Crippen LogP contribution < -0.4 is 0 Å². The second-order valence-electron chi connectivity index (χ2n) is 3.21. The van der Waals surface area contributed by atoms with Gasteiger partial charge in [-0.05, 0) is 12.5 Å². The van der Waals surface area contributed by atoms with Crippen molar-refractivity contribution in [1.82, 2.24) is 0 Å². The van der Waals surface area contributed by atoms with E-state index in [2.05, 4.69) is 55.5 Å². The molecule has 0 spiro atoms. The van der Waals surface area contributed by atoms with Crippen molar-refractivity contribution in [1.29, 1.82) is 0 Å². The minimum atomic E-state index is 0.506. The molecule has 0 aromatic heterocycles. The first-order valence-electron chi connectivity index (χ1n) is 5.28. The van der Waals surface area contributed by atoms with Gasteiger partial charge in [-0.1, -0.05) is 68.0 Å². The lowest BCUT2D eigenvalue weighted by Crippen LogP contribution is -1.90. The van der Waals surface area contributed by atoms with Crippen LogP contribution in [0, 0.1) is 5.92 Å². The number of hydrogen-bond donors (Lipinski definition) is 0. The second-order valence-corrected chi connectivity index (χ2v) is 3.21. The molecule has 0 radical (unpaired) electrons. The van der Waals surface area contributed by atoms with Gasteiger partial charge in [0, 0.05) is 5.92 Å². The van der Waals surface area contributed by atoms with E-state index < -0.39 is 0 Å². The summed E-state index contributed by atoms with van der Waals surface area (Å²) in [4.78, 5) is 0. The monoisotopic (exact) mass is 186 g/mol. The molecule has 74 valence electrons. The van der Waals surface area contributed by atoms with Gasteiger partial charge in [0.05, 0.1) is 0 Å². The molecule has 1 unspecified atom stereocenters. The number of rotatable bonds is 0. The van der Waals surface area contributed by atoms with Crippen molar-refractivity contribution in [3.8, 4) is 0 Å². The molecule has 2 aliphatic rings. The van der Waals surface area contributed by atoms with Crippen LogP contribution in [0.1, 0.15) is 20.8 Å². The van der Waals surface area contributed by atoms with Crippen molar-refractivity contribution < 1.29 is 0 Å². The van der Waals surface area contributed by atoms with E-state index in [1.54, 1.807) is 0 Å². The normalized spacial score (nSPS) is 27.2. The molecule has 0 saturated heterocycles. The number of fused-ring (bicyclic) bond motifs is 1. The fraction of sp³-hybridized carbons (Fsp3) is 0.286. The molecule has 0 fully saturated rings. The van der Waals surface area contributed by atoms with Crippen LogP contribution in [0.2, 0.25) is 0 Å². The first kappa shape index (κ1) is 10.8. The van der Waals surface area contributed by atoms with Gasteiger partial charge < -0.3 is 0 Å². The van der Waals surface area contributed by atoms with Crippen LogP contribution in [0.5, 0.6) is 0 Å². The molecular formula is C14H18. The molecule has 0 heterocycles. The van der Waals surface area contributed by atoms with E-state index in [-0.39, 0.29) is 0 Å². The van der Waals surface area contributed by atoms with E-state index in [1.807, 2.05) is 13.8 Å². The average molecular weight is 186 g/mol. The van der Waals surface area contributed by atoms with Crippen molar-refractivity contribution in [2.24, 2.45) is 5.92 Å². The van der Waals surface area contributed by atoms with E-state index in [9.17, 15) is 0 Å². The lowest BCUT2D eigenvalue weighted by atomic mass is 10.0. The summed E-state index contributed by atoms with van der Waals surface area (Å²) in [7, 11) is 0. The molecule has 0 heteroatoms. The average Bonchev–Trinajstić information content (AvgIpc) is 2.50. The number of allylic oxidation sites excluding steroid dienone is 10. The zero-order valence-electron chi connectivity index (χ0n) is 9.20. The molecule has 14 heavy (non-hydrogen) atoms. The van der Waals surface area contributed by atoms with E-state index in [4.69, 9.17) is 0 Å². The second kappa shape index (κ2) is 5.43. The van der Waals surface area contributed by atoms with Gasteiger partial charge in [-0.2, -0.15) is 0 Å². The fourth-order valence-electron chi connectivity index (χ4n) is 1.59. The minimum absolute atomic E-state index is 0.506. The van der Waals surface area contributed by atoms with Crippen LogP contribution in [0.25, 0.3) is 0 Å². The summed E-state index contributed by atoms with van der Waals surface area (Å²) in [6.07, 6.45) is 17.3. The highest BCUT2D eigenvalue weighted by molar-refractivity contribution is 5.45. The number of hydrogen-bond acceptors (Lipinski definition) is 0. The highest BCUT2D eigenvalue weighted by Gasteiger charge is 2.11. The van der Waals surface area contributed by atoms with Crippen molar-refractivity contribution in [3.63, 3.8) is 0 Å². The van der Waals surface area contributed by atoms with Crippen LogP contribution in [0.15, 0.2) is 59.8 Å². The first-order chi connectivity index (χ1) is 6.86. The minimum Gasteiger partial charge on any atom is -0.0732 e. The standard InChI is InChI=1S/C12H12.C2H6/c1-10-8-11-6-4-2-3-5-7-12(11)9-10;1-2/h2-9,11H,1H3;1-2H3/b3-2-,6-4?,7-5-;. The van der Waals surface area contributed by atoms with Crippen molar-refractivity contribution in [3.05, 3.63) is 59.8 Å². The van der Waals surface area contributed by atoms with Crippen LogP contribution in [0.4, 0.5) is 0 Å². The molecule has 0 N–H and O–H groups in total. The Labute approximate surface area is 87.0 Å². The largest absolute Gasteiger partial charge is 0.0732 e. The van der Waals surface area contributed by atoms with Crippen LogP contribution in [0.3, 0.4) is 0 Å². The first-order valence-corrected chi connectivity index (χ1v) is 5.28. The molecule has 0 aromatic carbocycles. The Morgan fingerprint density at radius 2 is 1.71 bits per heavy atom. The van der Waals surface area contributed by atoms with Gasteiger partial charge in [-0.3, -0.25) is 0 Å². The van der Waals surface area contributed by atoms with Gasteiger partial charge in [-0.15, -0.1) is 0 Å². The summed E-state index contributed by atoms with van der Waals surface area (Å²) in [6, 6.07) is 0. The van der Waals surface area contributed by atoms with E-state index in [0.717, 1.165) is 0 Å². The van der Waals surface area contributed by atoms with Crippen LogP contribution in [-0.2, 0) is 0 Å². The predicted octanol–water partition coefficient (Wildman–Crippen LogP) is 4.20. The van der Waals surface area contributed by atoms with Crippen molar-refractivity contribution in [2.45, 2.75) is 20.8 Å². The maximum absolute atomic E-state index is 2.29. The Hall–Kier alpha value is -1.30. The maximum atomic E-state index is 2.29. The van der Waals surface area contributed by atoms with Gasteiger partial charge in [0.15, 0.2) is 0 Å². The molecule has 1 atom stereocenters. The molecule has 0 aliphatic heterocycles. The Balaban J connectivity index is 0.000000461. The van der Waals surface area contributed by atoms with Crippen molar-refractivity contribution in [2.75, 3.05) is 0 Å². The highest BCUT2D eigenvalue weighted by Crippen LogP contribution is 2.26. The van der Waals surface area contributed by atoms with Crippen molar-refractivity contribution >= 4 is 0 Å². The predicted molar refractivity (Wildman–Crippen MR) is 64.1 cm³/mol. The highest BCUT2D eigenvalue weighted by atomic mass is 14.2. The maximum Gasteiger partial charge on any atom is 0.0207 e. The topological polar surface area (TPSA) is 0 Å². The molecule has 0 saturated carbocycles. The molecule has 0 amide bonds. The van der Waals surface area contributed by atoms with Gasteiger partial charge in [0.1, 0.15) is 0 Å². The Bertz CT molecular complexity index is 322. The Morgan fingerprint density at radius 1 is 1.00 bits per heavy atom. The van der Waals surface area contributed by atoms with E-state index in [0.29, 0.717) is 5.92 Å². The van der Waals surface area contributed by atoms with Gasteiger partial charge in [0.2, 0.25) is 0 Å². The third kappa shape index (κ3) is 2.59.